The van der Waals surface area contributed by atoms with E-state index in [-0.39, 0.29) is 0 Å². The molecule has 0 aliphatic carbocycles. The van der Waals surface area contributed by atoms with Crippen LogP contribution in [0.3, 0.4) is 0 Å². The van der Waals surface area contributed by atoms with Gasteiger partial charge in [0.1, 0.15) is 0 Å². The van der Waals surface area contributed by atoms with Gasteiger partial charge >= 0.3 is 7.32 Å². The molecule has 0 atom stereocenters. The van der Waals surface area contributed by atoms with Crippen molar-refractivity contribution >= 4 is 50.5 Å². The van der Waals surface area contributed by atoms with Gasteiger partial charge in [-0.15, -0.1) is 11.8 Å². The monoisotopic (exact) mass is 682 g/mol. The molecule has 47 heavy (non-hydrogen) atoms. The van der Waals surface area contributed by atoms with E-state index < -0.39 is 52.0 Å². The number of rotatable bonds is 7. The van der Waals surface area contributed by atoms with Gasteiger partial charge in [-0.05, 0) is 87.0 Å². The highest BCUT2D eigenvalue weighted by Crippen LogP contribution is 2.33. The normalized spacial score (nSPS) is 11.3. The van der Waals surface area contributed by atoms with Crippen molar-refractivity contribution in [3.8, 4) is 16.9 Å². The number of benzene rings is 6. The van der Waals surface area contributed by atoms with Crippen molar-refractivity contribution in [2.24, 2.45) is 0 Å². The predicted molar refractivity (Wildman–Crippen MR) is 172 cm³/mol. The quantitative estimate of drug-likeness (QED) is 0.0440. The maximum Gasteiger partial charge on any atom is 0.707 e. The van der Waals surface area contributed by atoms with Crippen molar-refractivity contribution in [3.05, 3.63) is 132 Å². The third-order valence-electron chi connectivity index (χ3n) is 7.06. The number of halogens is 5. The number of hydrogen-bond donors (Lipinski definition) is 2. The van der Waals surface area contributed by atoms with Crippen LogP contribution in [-0.4, -0.2) is 31.5 Å². The van der Waals surface area contributed by atoms with Crippen LogP contribution in [0.1, 0.15) is 6.92 Å². The molecule has 6 rings (SSSR count). The molecule has 0 radical (unpaired) electrons. The first-order valence-corrected chi connectivity index (χ1v) is 16.4. The van der Waals surface area contributed by atoms with Gasteiger partial charge in [-0.3, -0.25) is 0 Å². The Morgan fingerprint density at radius 2 is 1.17 bits per heavy atom. The largest absolute Gasteiger partial charge is 0.707 e. The zero-order valence-electron chi connectivity index (χ0n) is 24.4. The number of sulfone groups is 1. The molecule has 240 valence electrons. The highest BCUT2D eigenvalue weighted by atomic mass is 32.2. The molecule has 13 heteroatoms. The summed E-state index contributed by atoms with van der Waals surface area (Å²) in [4.78, 5) is 1.70. The second-order valence-electron chi connectivity index (χ2n) is 10.0. The van der Waals surface area contributed by atoms with Gasteiger partial charge in [0.05, 0.1) is 9.79 Å². The Morgan fingerprint density at radius 1 is 0.660 bits per heavy atom. The standard InChI is InChI=1S/C28H22O2S2.C6H2BF5O3/c1-2-31-24-12-16-26(17-13-24)32(29,30)25-14-10-20(11-15-25)27-9-5-8-23-18-21-6-3-4-7-22(21)19-28(23)27;8-1-2(9)4(11)6(15-7(13)14)5(12)3(1)10/h3-19H,2H2,1H3;13-14H. The van der Waals surface area contributed by atoms with Crippen LogP contribution >= 0.6 is 11.8 Å². The first kappa shape index (κ1) is 33.9. The van der Waals surface area contributed by atoms with Gasteiger partial charge in [-0.25, -0.2) is 21.6 Å². The molecule has 0 spiro atoms. The third kappa shape index (κ3) is 7.13. The minimum atomic E-state index is -3.55. The summed E-state index contributed by atoms with van der Waals surface area (Å²) in [5.41, 5.74) is 2.10. The van der Waals surface area contributed by atoms with Crippen molar-refractivity contribution in [2.75, 3.05) is 5.75 Å². The summed E-state index contributed by atoms with van der Waals surface area (Å²) >= 11 is 1.70. The van der Waals surface area contributed by atoms with Crippen molar-refractivity contribution in [1.82, 2.24) is 0 Å². The van der Waals surface area contributed by atoms with E-state index in [0.717, 1.165) is 27.2 Å². The van der Waals surface area contributed by atoms with E-state index >= 15 is 0 Å². The summed E-state index contributed by atoms with van der Waals surface area (Å²) < 4.78 is 92.5. The first-order chi connectivity index (χ1) is 22.4. The molecule has 0 aromatic heterocycles. The van der Waals surface area contributed by atoms with Gasteiger partial charge in [0.2, 0.25) is 38.9 Å². The van der Waals surface area contributed by atoms with Crippen LogP contribution in [0.5, 0.6) is 5.75 Å². The predicted octanol–water partition coefficient (Wildman–Crippen LogP) is 8.34. The lowest BCUT2D eigenvalue weighted by Crippen LogP contribution is -2.23. The third-order valence-corrected chi connectivity index (χ3v) is 9.74. The summed E-state index contributed by atoms with van der Waals surface area (Å²) in [6.07, 6.45) is 0. The van der Waals surface area contributed by atoms with Crippen molar-refractivity contribution in [2.45, 2.75) is 21.6 Å². The Kier molecular flexibility index (Phi) is 10.2. The molecule has 0 heterocycles. The van der Waals surface area contributed by atoms with Gasteiger partial charge in [-0.2, -0.15) is 8.78 Å². The molecule has 6 aromatic rings. The SMILES string of the molecule is CCSc1ccc(S(=O)(=O)c2ccc(-c3cccc4cc5ccccc5cc34)cc2)cc1.OB(O)Oc1c(F)c(F)c(F)c(F)c1F. The molecule has 0 saturated carbocycles. The number of thioether (sulfide) groups is 1. The number of hydrogen-bond acceptors (Lipinski definition) is 6. The fourth-order valence-corrected chi connectivity index (χ4v) is 6.77. The van der Waals surface area contributed by atoms with Crippen molar-refractivity contribution in [1.29, 1.82) is 0 Å². The van der Waals surface area contributed by atoms with Crippen molar-refractivity contribution < 1.29 is 45.1 Å². The first-order valence-electron chi connectivity index (χ1n) is 14.0. The second kappa shape index (κ2) is 14.1. The summed E-state index contributed by atoms with van der Waals surface area (Å²) in [6, 6.07) is 33.3. The van der Waals surface area contributed by atoms with E-state index in [2.05, 4.69) is 48.0 Å². The molecular weight excluding hydrogens is 658 g/mol. The Labute approximate surface area is 271 Å². The molecule has 0 aliphatic rings. The minimum Gasteiger partial charge on any atom is -0.507 e. The number of fused-ring (bicyclic) bond motifs is 2. The topological polar surface area (TPSA) is 83.8 Å². The van der Waals surface area contributed by atoms with E-state index in [1.54, 1.807) is 36.0 Å². The average molecular weight is 682 g/mol. The van der Waals surface area contributed by atoms with E-state index in [9.17, 15) is 30.4 Å². The second-order valence-corrected chi connectivity index (χ2v) is 13.3. The molecule has 0 saturated heterocycles. The molecule has 0 amide bonds. The molecule has 6 aromatic carbocycles. The van der Waals surface area contributed by atoms with Gasteiger partial charge in [0.25, 0.3) is 0 Å². The van der Waals surface area contributed by atoms with E-state index in [4.69, 9.17) is 10.0 Å². The summed E-state index contributed by atoms with van der Waals surface area (Å²) in [5.74, 6) is -12.2. The fourth-order valence-electron chi connectivity index (χ4n) is 4.84. The minimum absolute atomic E-state index is 0.308. The lowest BCUT2D eigenvalue weighted by atomic mass is 9.96. The van der Waals surface area contributed by atoms with E-state index in [0.29, 0.717) is 9.79 Å². The average Bonchev–Trinajstić information content (AvgIpc) is 3.08. The Balaban J connectivity index is 0.000000244. The molecular formula is C34H24BF5O5S2. The van der Waals surface area contributed by atoms with Crippen molar-refractivity contribution in [3.63, 3.8) is 0 Å². The van der Waals surface area contributed by atoms with Gasteiger partial charge in [-0.1, -0.05) is 61.5 Å². The van der Waals surface area contributed by atoms with Crippen LogP contribution in [0.4, 0.5) is 22.0 Å². The van der Waals surface area contributed by atoms with Crippen LogP contribution in [0.25, 0.3) is 32.7 Å². The highest BCUT2D eigenvalue weighted by molar-refractivity contribution is 7.99. The lowest BCUT2D eigenvalue weighted by molar-refractivity contribution is 0.263. The smallest absolute Gasteiger partial charge is 0.507 e. The van der Waals surface area contributed by atoms with Gasteiger partial charge < -0.3 is 14.7 Å². The van der Waals surface area contributed by atoms with Crippen LogP contribution in [0.15, 0.2) is 118 Å². The van der Waals surface area contributed by atoms with Gasteiger partial charge in [0, 0.05) is 4.90 Å². The van der Waals surface area contributed by atoms with Crippen LogP contribution in [0, 0.1) is 29.1 Å². The Hall–Kier alpha value is -4.43. The van der Waals surface area contributed by atoms with Gasteiger partial charge in [0.15, 0.2) is 5.75 Å². The zero-order valence-corrected chi connectivity index (χ0v) is 26.1. The summed E-state index contributed by atoms with van der Waals surface area (Å²) in [7, 11) is -6.25. The molecule has 5 nitrogen and oxygen atoms in total. The van der Waals surface area contributed by atoms with E-state index in [1.807, 2.05) is 42.5 Å². The Morgan fingerprint density at radius 3 is 1.72 bits per heavy atom. The molecule has 0 bridgehead atoms. The molecule has 0 fully saturated rings. The van der Waals surface area contributed by atoms with Crippen LogP contribution < -0.4 is 4.65 Å². The fraction of sp³-hybridized carbons (Fsp3) is 0.0588. The maximum atomic E-state index is 13.1. The molecule has 0 aliphatic heterocycles. The zero-order chi connectivity index (χ0) is 33.9. The highest BCUT2D eigenvalue weighted by Gasteiger charge is 2.29. The van der Waals surface area contributed by atoms with E-state index in [1.165, 1.54) is 16.2 Å². The van der Waals surface area contributed by atoms with Crippen LogP contribution in [0.2, 0.25) is 0 Å². The summed E-state index contributed by atoms with van der Waals surface area (Å²) in [6.45, 7) is 2.08. The maximum absolute atomic E-state index is 13.1. The molecule has 0 unspecified atom stereocenters. The molecule has 2 N–H and O–H groups in total. The van der Waals surface area contributed by atoms with Crippen LogP contribution in [-0.2, 0) is 9.84 Å². The lowest BCUT2D eigenvalue weighted by Gasteiger charge is -2.10. The Bertz CT molecular complexity index is 2150. The summed E-state index contributed by atoms with van der Waals surface area (Å²) in [5, 5.41) is 21.1.